The third-order valence-electron chi connectivity index (χ3n) is 0.843. The Kier molecular flexibility index (Phi) is 3.39. The zero-order valence-corrected chi connectivity index (χ0v) is 6.00. The Morgan fingerprint density at radius 1 is 1.40 bits per heavy atom. The van der Waals surface area contributed by atoms with E-state index in [9.17, 15) is 9.59 Å². The van der Waals surface area contributed by atoms with E-state index < -0.39 is 11.8 Å². The van der Waals surface area contributed by atoms with E-state index in [0.29, 0.717) is 0 Å². The first kappa shape index (κ1) is 8.88. The second-order valence-electron chi connectivity index (χ2n) is 2.27. The number of allylic oxidation sites excluding steroid dienone is 1. The minimum absolute atomic E-state index is 0.211. The Bertz CT molecular complexity index is 168. The molecule has 0 aromatic carbocycles. The molecule has 0 aliphatic carbocycles. The van der Waals surface area contributed by atoms with Crippen molar-refractivity contribution >= 4 is 11.8 Å². The summed E-state index contributed by atoms with van der Waals surface area (Å²) in [6, 6.07) is 0. The lowest BCUT2D eigenvalue weighted by Crippen LogP contribution is -2.08. The van der Waals surface area contributed by atoms with Crippen LogP contribution in [0.3, 0.4) is 0 Å². The molecule has 0 saturated heterocycles. The Morgan fingerprint density at radius 3 is 2.20 bits per heavy atom. The van der Waals surface area contributed by atoms with Crippen molar-refractivity contribution in [3.05, 3.63) is 12.2 Å². The fourth-order valence-electron chi connectivity index (χ4n) is 0.351. The topological polar surface area (TPSA) is 54.4 Å². The smallest absolute Gasteiger partial charge is 0.376 e. The Hall–Kier alpha value is -1.12. The molecule has 0 rings (SSSR count). The highest BCUT2D eigenvalue weighted by Gasteiger charge is 2.04. The van der Waals surface area contributed by atoms with E-state index in [-0.39, 0.29) is 5.92 Å². The highest BCUT2D eigenvalue weighted by molar-refractivity contribution is 6.37. The third-order valence-corrected chi connectivity index (χ3v) is 0.843. The molecule has 10 heavy (non-hydrogen) atoms. The van der Waals surface area contributed by atoms with Gasteiger partial charge in [-0.05, 0) is 12.0 Å². The number of hydrogen-bond donors (Lipinski definition) is 1. The summed E-state index contributed by atoms with van der Waals surface area (Å²) in [5.41, 5.74) is 0. The molecule has 0 atom stereocenters. The van der Waals surface area contributed by atoms with Crippen LogP contribution in [-0.2, 0) is 9.59 Å². The molecule has 0 heterocycles. The molecule has 0 aliphatic heterocycles. The molecule has 0 unspecified atom stereocenters. The second-order valence-corrected chi connectivity index (χ2v) is 2.27. The van der Waals surface area contributed by atoms with Crippen molar-refractivity contribution in [1.82, 2.24) is 0 Å². The van der Waals surface area contributed by atoms with E-state index in [1.807, 2.05) is 13.8 Å². The maximum absolute atomic E-state index is 10.4. The summed E-state index contributed by atoms with van der Waals surface area (Å²) in [6.45, 7) is 3.73. The van der Waals surface area contributed by atoms with Crippen LogP contribution in [0.4, 0.5) is 0 Å². The fraction of sp³-hybridized carbons (Fsp3) is 0.429. The van der Waals surface area contributed by atoms with Crippen molar-refractivity contribution < 1.29 is 14.7 Å². The predicted octanol–water partition coefficient (Wildman–Crippen LogP) is 0.852. The van der Waals surface area contributed by atoms with Gasteiger partial charge in [0, 0.05) is 0 Å². The van der Waals surface area contributed by atoms with Crippen LogP contribution in [0, 0.1) is 5.92 Å². The van der Waals surface area contributed by atoms with Crippen molar-refractivity contribution in [2.75, 3.05) is 0 Å². The molecule has 3 heteroatoms. The van der Waals surface area contributed by atoms with Gasteiger partial charge in [0.1, 0.15) is 0 Å². The quantitative estimate of drug-likeness (QED) is 0.469. The summed E-state index contributed by atoms with van der Waals surface area (Å²) in [5, 5.41) is 8.09. The molecule has 0 spiro atoms. The first-order valence-corrected chi connectivity index (χ1v) is 2.99. The highest BCUT2D eigenvalue weighted by atomic mass is 16.4. The summed E-state index contributed by atoms with van der Waals surface area (Å²) >= 11 is 0. The lowest BCUT2D eigenvalue weighted by molar-refractivity contribution is -0.146. The SMILES string of the molecule is CC(C)/C=C/C(=O)C(=O)O. The molecule has 0 aliphatic rings. The number of ketones is 1. The van der Waals surface area contributed by atoms with Crippen LogP contribution >= 0.6 is 0 Å². The number of carboxylic acid groups (broad SMARTS) is 1. The maximum Gasteiger partial charge on any atom is 0.376 e. The normalized spacial score (nSPS) is 10.7. The molecule has 0 fully saturated rings. The number of carbonyl (C=O) groups is 2. The van der Waals surface area contributed by atoms with Crippen molar-refractivity contribution in [3.8, 4) is 0 Å². The van der Waals surface area contributed by atoms with Gasteiger partial charge in [-0.25, -0.2) is 4.79 Å². The molecule has 0 aromatic rings. The lowest BCUT2D eigenvalue weighted by atomic mass is 10.2. The van der Waals surface area contributed by atoms with E-state index in [2.05, 4.69) is 0 Å². The van der Waals surface area contributed by atoms with Gasteiger partial charge >= 0.3 is 5.97 Å². The summed E-state index contributed by atoms with van der Waals surface area (Å²) < 4.78 is 0. The van der Waals surface area contributed by atoms with E-state index in [4.69, 9.17) is 5.11 Å². The highest BCUT2D eigenvalue weighted by Crippen LogP contribution is 1.92. The minimum Gasteiger partial charge on any atom is -0.475 e. The number of carboxylic acids is 1. The number of aliphatic carboxylic acids is 1. The molecule has 0 radical (unpaired) electrons. The molecule has 1 N–H and O–H groups in total. The summed E-state index contributed by atoms with van der Waals surface area (Å²) in [5.74, 6) is -2.06. The molecule has 56 valence electrons. The predicted molar refractivity (Wildman–Crippen MR) is 36.6 cm³/mol. The summed E-state index contributed by atoms with van der Waals surface area (Å²) in [4.78, 5) is 20.3. The molecule has 0 bridgehead atoms. The van der Waals surface area contributed by atoms with Crippen molar-refractivity contribution in [2.45, 2.75) is 13.8 Å². The maximum atomic E-state index is 10.4. The van der Waals surface area contributed by atoms with E-state index in [1.165, 1.54) is 0 Å². The molecular weight excluding hydrogens is 132 g/mol. The first-order valence-electron chi connectivity index (χ1n) is 2.99. The van der Waals surface area contributed by atoms with Crippen molar-refractivity contribution in [1.29, 1.82) is 0 Å². The Labute approximate surface area is 59.4 Å². The summed E-state index contributed by atoms with van der Waals surface area (Å²) in [6.07, 6.45) is 2.63. The van der Waals surface area contributed by atoms with E-state index in [1.54, 1.807) is 6.08 Å². The second kappa shape index (κ2) is 3.82. The van der Waals surface area contributed by atoms with Crippen LogP contribution < -0.4 is 0 Å². The van der Waals surface area contributed by atoms with Crippen molar-refractivity contribution in [2.24, 2.45) is 5.92 Å². The monoisotopic (exact) mass is 142 g/mol. The molecule has 3 nitrogen and oxygen atoms in total. The van der Waals surface area contributed by atoms with Gasteiger partial charge in [0.05, 0.1) is 0 Å². The fourth-order valence-corrected chi connectivity index (χ4v) is 0.351. The molecule has 0 amide bonds. The van der Waals surface area contributed by atoms with Crippen LogP contribution in [-0.4, -0.2) is 16.9 Å². The largest absolute Gasteiger partial charge is 0.475 e. The minimum atomic E-state index is -1.41. The average molecular weight is 142 g/mol. The first-order chi connectivity index (χ1) is 4.54. The number of rotatable bonds is 3. The Balaban J connectivity index is 3.91. The third kappa shape index (κ3) is 3.83. The molecule has 0 aromatic heterocycles. The van der Waals surface area contributed by atoms with Gasteiger partial charge in [0.2, 0.25) is 0 Å². The van der Waals surface area contributed by atoms with Crippen LogP contribution in [0.15, 0.2) is 12.2 Å². The average Bonchev–Trinajstić information content (AvgIpc) is 1.82. The zero-order valence-electron chi connectivity index (χ0n) is 6.00. The summed E-state index contributed by atoms with van der Waals surface area (Å²) in [7, 11) is 0. The van der Waals surface area contributed by atoms with Gasteiger partial charge in [-0.3, -0.25) is 4.79 Å². The van der Waals surface area contributed by atoms with Crippen molar-refractivity contribution in [3.63, 3.8) is 0 Å². The number of hydrogen-bond acceptors (Lipinski definition) is 2. The number of carbonyl (C=O) groups excluding carboxylic acids is 1. The lowest BCUT2D eigenvalue weighted by Gasteiger charge is -1.89. The van der Waals surface area contributed by atoms with E-state index >= 15 is 0 Å². The van der Waals surface area contributed by atoms with Gasteiger partial charge in [0.15, 0.2) is 0 Å². The van der Waals surface area contributed by atoms with E-state index in [0.717, 1.165) is 6.08 Å². The van der Waals surface area contributed by atoms with Crippen LogP contribution in [0.25, 0.3) is 0 Å². The molecule has 0 saturated carbocycles. The van der Waals surface area contributed by atoms with Gasteiger partial charge in [0.25, 0.3) is 5.78 Å². The van der Waals surface area contributed by atoms with Gasteiger partial charge in [-0.1, -0.05) is 19.9 Å². The zero-order chi connectivity index (χ0) is 8.15. The van der Waals surface area contributed by atoms with Gasteiger partial charge in [-0.15, -0.1) is 0 Å². The Morgan fingerprint density at radius 2 is 1.90 bits per heavy atom. The van der Waals surface area contributed by atoms with Crippen LogP contribution in [0.1, 0.15) is 13.8 Å². The van der Waals surface area contributed by atoms with Gasteiger partial charge in [-0.2, -0.15) is 0 Å². The standard InChI is InChI=1S/C7H10O3/c1-5(2)3-4-6(8)7(9)10/h3-5H,1-2H3,(H,9,10)/b4-3+. The molecular formula is C7H10O3. The van der Waals surface area contributed by atoms with Gasteiger partial charge < -0.3 is 5.11 Å². The van der Waals surface area contributed by atoms with Crippen LogP contribution in [0.2, 0.25) is 0 Å². The van der Waals surface area contributed by atoms with Crippen LogP contribution in [0.5, 0.6) is 0 Å².